The van der Waals surface area contributed by atoms with Gasteiger partial charge >= 0.3 is 0 Å². The van der Waals surface area contributed by atoms with Gasteiger partial charge in [0.2, 0.25) is 5.91 Å². The fraction of sp³-hybridized carbons (Fsp3) is 0.111. The largest absolute Gasteiger partial charge is 0.492 e. The van der Waals surface area contributed by atoms with Crippen molar-refractivity contribution in [3.8, 4) is 5.75 Å². The maximum Gasteiger partial charge on any atom is 0.273 e. The van der Waals surface area contributed by atoms with Crippen LogP contribution in [-0.4, -0.2) is 18.4 Å². The highest BCUT2D eigenvalue weighted by Crippen LogP contribution is 2.19. The molecule has 0 saturated carbocycles. The molecular formula is C27H24N2O3. The summed E-state index contributed by atoms with van der Waals surface area (Å²) in [6.45, 7) is 0.446. The summed E-state index contributed by atoms with van der Waals surface area (Å²) in [7, 11) is 0. The van der Waals surface area contributed by atoms with E-state index in [2.05, 4.69) is 10.9 Å². The molecule has 160 valence electrons. The van der Waals surface area contributed by atoms with E-state index in [9.17, 15) is 9.59 Å². The van der Waals surface area contributed by atoms with Gasteiger partial charge in [-0.25, -0.2) is 0 Å². The SMILES string of the molecule is O=C(Cc1cccc2ccccc12)NNC(=O)c1ccccc1OCCc1ccccc1. The molecule has 0 bridgehead atoms. The summed E-state index contributed by atoms with van der Waals surface area (Å²) in [4.78, 5) is 25.1. The highest BCUT2D eigenvalue weighted by atomic mass is 16.5. The van der Waals surface area contributed by atoms with Crippen molar-refractivity contribution in [2.45, 2.75) is 12.8 Å². The third-order valence-electron chi connectivity index (χ3n) is 5.17. The standard InChI is InChI=1S/C27H24N2O3/c30-26(19-22-13-8-12-21-11-4-5-14-23(21)22)28-29-27(31)24-15-6-7-16-25(24)32-18-17-20-9-2-1-3-10-20/h1-16H,17-19H2,(H,28,30)(H,29,31). The van der Waals surface area contributed by atoms with Crippen molar-refractivity contribution >= 4 is 22.6 Å². The molecule has 0 fully saturated rings. The summed E-state index contributed by atoms with van der Waals surface area (Å²) in [5.74, 6) is -0.243. The smallest absolute Gasteiger partial charge is 0.273 e. The summed E-state index contributed by atoms with van der Waals surface area (Å²) < 4.78 is 5.84. The first-order valence-electron chi connectivity index (χ1n) is 10.5. The molecule has 0 radical (unpaired) electrons. The fourth-order valence-electron chi connectivity index (χ4n) is 3.56. The van der Waals surface area contributed by atoms with Crippen LogP contribution in [0.5, 0.6) is 5.75 Å². The molecule has 5 nitrogen and oxygen atoms in total. The van der Waals surface area contributed by atoms with Gasteiger partial charge < -0.3 is 4.74 Å². The monoisotopic (exact) mass is 424 g/mol. The molecule has 2 amide bonds. The lowest BCUT2D eigenvalue weighted by Gasteiger charge is -2.13. The highest BCUT2D eigenvalue weighted by Gasteiger charge is 2.14. The van der Waals surface area contributed by atoms with E-state index in [0.29, 0.717) is 17.9 Å². The number of nitrogens with one attached hydrogen (secondary N) is 2. The van der Waals surface area contributed by atoms with E-state index in [1.807, 2.05) is 78.9 Å². The number of hydrogen-bond acceptors (Lipinski definition) is 3. The van der Waals surface area contributed by atoms with E-state index >= 15 is 0 Å². The van der Waals surface area contributed by atoms with Crippen molar-refractivity contribution in [3.63, 3.8) is 0 Å². The predicted molar refractivity (Wildman–Crippen MR) is 125 cm³/mol. The van der Waals surface area contributed by atoms with Gasteiger partial charge in [0.1, 0.15) is 5.75 Å². The second-order valence-corrected chi connectivity index (χ2v) is 7.40. The summed E-state index contributed by atoms with van der Waals surface area (Å²) in [6.07, 6.45) is 0.898. The first-order valence-corrected chi connectivity index (χ1v) is 10.5. The topological polar surface area (TPSA) is 67.4 Å². The second-order valence-electron chi connectivity index (χ2n) is 7.40. The van der Waals surface area contributed by atoms with Crippen molar-refractivity contribution < 1.29 is 14.3 Å². The van der Waals surface area contributed by atoms with Crippen LogP contribution in [0.4, 0.5) is 0 Å². The first kappa shape index (κ1) is 21.1. The van der Waals surface area contributed by atoms with Gasteiger partial charge in [-0.3, -0.25) is 20.4 Å². The summed E-state index contributed by atoms with van der Waals surface area (Å²) in [5, 5.41) is 2.09. The molecule has 2 N–H and O–H groups in total. The lowest BCUT2D eigenvalue weighted by atomic mass is 10.0. The van der Waals surface area contributed by atoms with Crippen molar-refractivity contribution in [2.24, 2.45) is 0 Å². The molecule has 0 unspecified atom stereocenters. The van der Waals surface area contributed by atoms with Crippen LogP contribution in [0.15, 0.2) is 97.1 Å². The Hall–Kier alpha value is -4.12. The Balaban J connectivity index is 1.34. The maximum absolute atomic E-state index is 12.7. The molecule has 0 aliphatic heterocycles. The molecule has 4 aromatic rings. The Labute approximate surface area is 187 Å². The molecular weight excluding hydrogens is 400 g/mol. The van der Waals surface area contributed by atoms with E-state index in [4.69, 9.17) is 4.74 Å². The maximum atomic E-state index is 12.7. The van der Waals surface area contributed by atoms with Crippen molar-refractivity contribution in [3.05, 3.63) is 114 Å². The third kappa shape index (κ3) is 5.32. The number of amides is 2. The molecule has 0 spiro atoms. The van der Waals surface area contributed by atoms with E-state index in [1.54, 1.807) is 18.2 Å². The van der Waals surface area contributed by atoms with Crippen LogP contribution in [-0.2, 0) is 17.6 Å². The van der Waals surface area contributed by atoms with Crippen LogP contribution >= 0.6 is 0 Å². The Morgan fingerprint density at radius 1 is 0.719 bits per heavy atom. The summed E-state index contributed by atoms with van der Waals surface area (Å²) in [5.41, 5.74) is 7.44. The van der Waals surface area contributed by atoms with Crippen LogP contribution < -0.4 is 15.6 Å². The van der Waals surface area contributed by atoms with Gasteiger partial charge in [-0.1, -0.05) is 84.9 Å². The Kier molecular flexibility index (Phi) is 6.78. The number of fused-ring (bicyclic) bond motifs is 1. The molecule has 32 heavy (non-hydrogen) atoms. The van der Waals surface area contributed by atoms with E-state index in [-0.39, 0.29) is 12.3 Å². The Morgan fingerprint density at radius 3 is 2.31 bits per heavy atom. The third-order valence-corrected chi connectivity index (χ3v) is 5.17. The van der Waals surface area contributed by atoms with Gasteiger partial charge in [-0.05, 0) is 34.0 Å². The van der Waals surface area contributed by atoms with E-state index in [1.165, 1.54) is 0 Å². The predicted octanol–water partition coefficient (Wildman–Crippen LogP) is 4.47. The molecule has 4 aromatic carbocycles. The molecule has 0 atom stereocenters. The van der Waals surface area contributed by atoms with E-state index in [0.717, 1.165) is 28.3 Å². The zero-order chi connectivity index (χ0) is 22.2. The number of rotatable bonds is 7. The van der Waals surface area contributed by atoms with Gasteiger partial charge in [0.25, 0.3) is 5.91 Å². The molecule has 0 aliphatic carbocycles. The minimum absolute atomic E-state index is 0.164. The zero-order valence-electron chi connectivity index (χ0n) is 17.6. The van der Waals surface area contributed by atoms with Gasteiger partial charge in [0, 0.05) is 6.42 Å². The number of carbonyl (C=O) groups is 2. The quantitative estimate of drug-likeness (QED) is 0.430. The van der Waals surface area contributed by atoms with Crippen molar-refractivity contribution in [1.29, 1.82) is 0 Å². The molecule has 0 heterocycles. The number of carbonyl (C=O) groups excluding carboxylic acids is 2. The molecule has 0 saturated heterocycles. The minimum Gasteiger partial charge on any atom is -0.492 e. The first-order chi connectivity index (χ1) is 15.7. The molecule has 0 aromatic heterocycles. The lowest BCUT2D eigenvalue weighted by Crippen LogP contribution is -2.42. The number of hydrazine groups is 1. The Bertz CT molecular complexity index is 1220. The van der Waals surface area contributed by atoms with Crippen LogP contribution in [0.1, 0.15) is 21.5 Å². The summed E-state index contributed by atoms with van der Waals surface area (Å²) in [6, 6.07) is 30.7. The molecule has 0 aliphatic rings. The number of ether oxygens (including phenoxy) is 1. The minimum atomic E-state index is -0.424. The van der Waals surface area contributed by atoms with Gasteiger partial charge in [-0.15, -0.1) is 0 Å². The van der Waals surface area contributed by atoms with Crippen LogP contribution in [0, 0.1) is 0 Å². The summed E-state index contributed by atoms with van der Waals surface area (Å²) >= 11 is 0. The fourth-order valence-corrected chi connectivity index (χ4v) is 3.56. The molecule has 4 rings (SSSR count). The molecule has 5 heteroatoms. The normalized spacial score (nSPS) is 10.5. The van der Waals surface area contributed by atoms with Gasteiger partial charge in [0.15, 0.2) is 0 Å². The highest BCUT2D eigenvalue weighted by molar-refractivity contribution is 5.98. The number of hydrogen-bond donors (Lipinski definition) is 2. The van der Waals surface area contributed by atoms with Gasteiger partial charge in [-0.2, -0.15) is 0 Å². The van der Waals surface area contributed by atoms with Crippen LogP contribution in [0.25, 0.3) is 10.8 Å². The Morgan fingerprint density at radius 2 is 1.44 bits per heavy atom. The zero-order valence-corrected chi connectivity index (χ0v) is 17.6. The second kappa shape index (κ2) is 10.3. The van der Waals surface area contributed by atoms with Crippen LogP contribution in [0.3, 0.4) is 0 Å². The number of benzene rings is 4. The van der Waals surface area contributed by atoms with Crippen molar-refractivity contribution in [1.82, 2.24) is 10.9 Å². The van der Waals surface area contributed by atoms with E-state index < -0.39 is 5.91 Å². The average Bonchev–Trinajstić information content (AvgIpc) is 2.84. The number of para-hydroxylation sites is 1. The van der Waals surface area contributed by atoms with Gasteiger partial charge in [0.05, 0.1) is 18.6 Å². The van der Waals surface area contributed by atoms with Crippen molar-refractivity contribution in [2.75, 3.05) is 6.61 Å². The van der Waals surface area contributed by atoms with Crippen LogP contribution in [0.2, 0.25) is 0 Å². The average molecular weight is 425 g/mol. The lowest BCUT2D eigenvalue weighted by molar-refractivity contribution is -0.121.